The number of aromatic nitrogens is 3. The second-order valence-electron chi connectivity index (χ2n) is 4.52. The molecule has 0 saturated carbocycles. The largest absolute Gasteiger partial charge is 0.399 e. The predicted octanol–water partition coefficient (Wildman–Crippen LogP) is 2.37. The Hall–Kier alpha value is -2.10. The van der Waals surface area contributed by atoms with Crippen LogP contribution in [-0.2, 0) is 13.0 Å². The minimum Gasteiger partial charge on any atom is -0.399 e. The molecule has 2 N–H and O–H groups in total. The Morgan fingerprint density at radius 2 is 2.28 bits per heavy atom. The molecule has 1 aromatic heterocycles. The first-order chi connectivity index (χ1) is 8.78. The van der Waals surface area contributed by atoms with Crippen LogP contribution in [0.3, 0.4) is 0 Å². The second-order valence-corrected chi connectivity index (χ2v) is 4.52. The van der Waals surface area contributed by atoms with Crippen LogP contribution in [0.2, 0.25) is 0 Å². The van der Waals surface area contributed by atoms with Gasteiger partial charge in [-0.1, -0.05) is 6.07 Å². The van der Waals surface area contributed by atoms with Crippen molar-refractivity contribution in [3.8, 4) is 0 Å². The molecule has 1 aliphatic carbocycles. The summed E-state index contributed by atoms with van der Waals surface area (Å²) in [6, 6.07) is 6.14. The van der Waals surface area contributed by atoms with E-state index in [2.05, 4.69) is 35.2 Å². The third kappa shape index (κ3) is 1.79. The summed E-state index contributed by atoms with van der Waals surface area (Å²) in [6.45, 7) is 2.91. The first-order valence-corrected chi connectivity index (χ1v) is 6.25. The summed E-state index contributed by atoms with van der Waals surface area (Å²) in [4.78, 5) is 4.29. The van der Waals surface area contributed by atoms with Crippen LogP contribution >= 0.6 is 0 Å². The van der Waals surface area contributed by atoms with Crippen molar-refractivity contribution < 1.29 is 0 Å². The normalized spacial score (nSPS) is 16.2. The molecule has 92 valence electrons. The van der Waals surface area contributed by atoms with E-state index in [-0.39, 0.29) is 0 Å². The Labute approximate surface area is 106 Å². The zero-order valence-corrected chi connectivity index (χ0v) is 10.4. The van der Waals surface area contributed by atoms with Gasteiger partial charge in [0.15, 0.2) is 5.82 Å². The number of nitrogens with two attached hydrogens (primary N) is 1. The summed E-state index contributed by atoms with van der Waals surface area (Å²) in [7, 11) is 0. The van der Waals surface area contributed by atoms with E-state index in [1.54, 1.807) is 6.33 Å². The van der Waals surface area contributed by atoms with Crippen LogP contribution in [0, 0.1) is 0 Å². The van der Waals surface area contributed by atoms with E-state index in [0.29, 0.717) is 0 Å². The van der Waals surface area contributed by atoms with Gasteiger partial charge in [0.05, 0.1) is 0 Å². The lowest BCUT2D eigenvalue weighted by Gasteiger charge is -2.03. The molecule has 2 aromatic rings. The highest BCUT2D eigenvalue weighted by Crippen LogP contribution is 2.34. The Kier molecular flexibility index (Phi) is 2.63. The number of nitrogens with zero attached hydrogens (tertiary/aromatic N) is 3. The highest BCUT2D eigenvalue weighted by molar-refractivity contribution is 5.84. The van der Waals surface area contributed by atoms with Crippen LogP contribution in [0.25, 0.3) is 11.6 Å². The molecular formula is C14H16N4. The van der Waals surface area contributed by atoms with Crippen LogP contribution < -0.4 is 5.73 Å². The van der Waals surface area contributed by atoms with E-state index in [1.807, 2.05) is 10.7 Å². The molecule has 0 unspecified atom stereocenters. The number of nitrogen functional groups attached to an aromatic ring is 1. The first kappa shape index (κ1) is 11.0. The van der Waals surface area contributed by atoms with Crippen LogP contribution in [0.1, 0.15) is 30.3 Å². The third-order valence-corrected chi connectivity index (χ3v) is 3.39. The predicted molar refractivity (Wildman–Crippen MR) is 72.7 cm³/mol. The highest BCUT2D eigenvalue weighted by atomic mass is 15.3. The van der Waals surface area contributed by atoms with Crippen LogP contribution in [0.5, 0.6) is 0 Å². The van der Waals surface area contributed by atoms with Gasteiger partial charge >= 0.3 is 0 Å². The van der Waals surface area contributed by atoms with Gasteiger partial charge in [-0.2, -0.15) is 5.10 Å². The van der Waals surface area contributed by atoms with Gasteiger partial charge in [0, 0.05) is 12.2 Å². The van der Waals surface area contributed by atoms with E-state index in [4.69, 9.17) is 5.73 Å². The average Bonchev–Trinajstić information content (AvgIpc) is 2.96. The second kappa shape index (κ2) is 4.29. The number of hydrogen-bond donors (Lipinski definition) is 1. The van der Waals surface area contributed by atoms with Gasteiger partial charge in [-0.3, -0.25) is 0 Å². The maximum absolute atomic E-state index is 5.81. The number of anilines is 1. The molecule has 4 heteroatoms. The van der Waals surface area contributed by atoms with E-state index in [1.165, 1.54) is 16.7 Å². The quantitative estimate of drug-likeness (QED) is 0.820. The van der Waals surface area contributed by atoms with Crippen molar-refractivity contribution in [2.24, 2.45) is 0 Å². The molecule has 4 nitrogen and oxygen atoms in total. The van der Waals surface area contributed by atoms with E-state index in [9.17, 15) is 0 Å². The standard InChI is InChI=1S/C14H16N4/c1-2-18-14(16-9-17-18)8-11-4-3-10-7-12(15)5-6-13(10)11/h5-9H,2-4,15H2,1H3/b11-8+. The lowest BCUT2D eigenvalue weighted by Crippen LogP contribution is -1.99. The van der Waals surface area contributed by atoms with Crippen LogP contribution in [-0.4, -0.2) is 14.8 Å². The summed E-state index contributed by atoms with van der Waals surface area (Å²) in [5.41, 5.74) is 10.6. The summed E-state index contributed by atoms with van der Waals surface area (Å²) in [5.74, 6) is 0.928. The topological polar surface area (TPSA) is 56.7 Å². The minimum absolute atomic E-state index is 0.840. The molecule has 0 radical (unpaired) electrons. The van der Waals surface area contributed by atoms with Crippen molar-refractivity contribution >= 4 is 17.3 Å². The molecule has 0 atom stereocenters. The first-order valence-electron chi connectivity index (χ1n) is 6.25. The zero-order chi connectivity index (χ0) is 12.5. The molecule has 0 fully saturated rings. The maximum atomic E-state index is 5.81. The monoisotopic (exact) mass is 240 g/mol. The van der Waals surface area contributed by atoms with Crippen LogP contribution in [0.15, 0.2) is 24.5 Å². The molecule has 3 rings (SSSR count). The average molecular weight is 240 g/mol. The molecule has 0 spiro atoms. The zero-order valence-electron chi connectivity index (χ0n) is 10.4. The molecule has 0 saturated heterocycles. The van der Waals surface area contributed by atoms with Crippen molar-refractivity contribution in [3.63, 3.8) is 0 Å². The number of fused-ring (bicyclic) bond motifs is 1. The van der Waals surface area contributed by atoms with Gasteiger partial charge in [-0.15, -0.1) is 0 Å². The van der Waals surface area contributed by atoms with Gasteiger partial charge in [-0.05, 0) is 54.7 Å². The number of allylic oxidation sites excluding steroid dienone is 1. The van der Waals surface area contributed by atoms with Crippen molar-refractivity contribution in [2.45, 2.75) is 26.3 Å². The summed E-state index contributed by atoms with van der Waals surface area (Å²) in [6.07, 6.45) is 5.86. The fraction of sp³-hybridized carbons (Fsp3) is 0.286. The summed E-state index contributed by atoms with van der Waals surface area (Å²) < 4.78 is 1.91. The van der Waals surface area contributed by atoms with Gasteiger partial charge < -0.3 is 5.73 Å². The minimum atomic E-state index is 0.840. The highest BCUT2D eigenvalue weighted by Gasteiger charge is 2.16. The molecule has 1 aromatic carbocycles. The molecule has 0 amide bonds. The number of rotatable bonds is 2. The molecule has 1 heterocycles. The van der Waals surface area contributed by atoms with Crippen molar-refractivity contribution in [1.29, 1.82) is 0 Å². The van der Waals surface area contributed by atoms with E-state index >= 15 is 0 Å². The molecule has 18 heavy (non-hydrogen) atoms. The number of benzene rings is 1. The van der Waals surface area contributed by atoms with Crippen molar-refractivity contribution in [3.05, 3.63) is 41.5 Å². The smallest absolute Gasteiger partial charge is 0.150 e. The lowest BCUT2D eigenvalue weighted by atomic mass is 10.1. The summed E-state index contributed by atoms with van der Waals surface area (Å²) in [5, 5.41) is 4.19. The van der Waals surface area contributed by atoms with Crippen molar-refractivity contribution in [2.75, 3.05) is 5.73 Å². The molecule has 0 bridgehead atoms. The van der Waals surface area contributed by atoms with Gasteiger partial charge in [0.1, 0.15) is 6.33 Å². The fourth-order valence-electron chi connectivity index (χ4n) is 2.47. The Balaban J connectivity index is 2.01. The van der Waals surface area contributed by atoms with E-state index < -0.39 is 0 Å². The van der Waals surface area contributed by atoms with Gasteiger partial charge in [-0.25, -0.2) is 9.67 Å². The SMILES string of the molecule is CCn1ncnc1/C=C1\CCc2cc(N)ccc21. The Bertz CT molecular complexity index is 610. The number of aryl methyl sites for hydroxylation is 2. The third-order valence-electron chi connectivity index (χ3n) is 3.39. The van der Waals surface area contributed by atoms with Crippen molar-refractivity contribution in [1.82, 2.24) is 14.8 Å². The van der Waals surface area contributed by atoms with E-state index in [0.717, 1.165) is 30.9 Å². The Morgan fingerprint density at radius 1 is 1.39 bits per heavy atom. The summed E-state index contributed by atoms with van der Waals surface area (Å²) >= 11 is 0. The molecule has 1 aliphatic rings. The maximum Gasteiger partial charge on any atom is 0.150 e. The molecule has 0 aliphatic heterocycles. The fourth-order valence-corrected chi connectivity index (χ4v) is 2.47. The van der Waals surface area contributed by atoms with Gasteiger partial charge in [0.25, 0.3) is 0 Å². The van der Waals surface area contributed by atoms with Crippen LogP contribution in [0.4, 0.5) is 5.69 Å². The lowest BCUT2D eigenvalue weighted by molar-refractivity contribution is 0.651. The number of hydrogen-bond acceptors (Lipinski definition) is 3. The van der Waals surface area contributed by atoms with Gasteiger partial charge in [0.2, 0.25) is 0 Å². The molecular weight excluding hydrogens is 224 g/mol. The Morgan fingerprint density at radius 3 is 3.11 bits per heavy atom.